The summed E-state index contributed by atoms with van der Waals surface area (Å²) in [6, 6.07) is 10.3. The van der Waals surface area contributed by atoms with Gasteiger partial charge in [0, 0.05) is 68.0 Å². The van der Waals surface area contributed by atoms with Crippen LogP contribution in [-0.2, 0) is 42.6 Å². The molecule has 0 unspecified atom stereocenters. The van der Waals surface area contributed by atoms with Crippen LogP contribution in [0.3, 0.4) is 0 Å². The summed E-state index contributed by atoms with van der Waals surface area (Å²) in [6.07, 6.45) is 8.25. The van der Waals surface area contributed by atoms with Gasteiger partial charge in [-0.2, -0.15) is 0 Å². The van der Waals surface area contributed by atoms with Crippen LogP contribution in [0.1, 0.15) is 41.6 Å². The summed E-state index contributed by atoms with van der Waals surface area (Å²) in [5.41, 5.74) is 5.36. The molecule has 1 aromatic carbocycles. The predicted molar refractivity (Wildman–Crippen MR) is 119 cm³/mol. The number of carbonyl (C=O) groups is 2. The Morgan fingerprint density at radius 3 is 2.87 bits per heavy atom. The van der Waals surface area contributed by atoms with Crippen molar-refractivity contribution in [1.82, 2.24) is 19.8 Å². The number of pyridine rings is 1. The monoisotopic (exact) mass is 416 g/mol. The van der Waals surface area contributed by atoms with E-state index in [1.165, 1.54) is 0 Å². The third-order valence-electron chi connectivity index (χ3n) is 6.71. The summed E-state index contributed by atoms with van der Waals surface area (Å²) in [7, 11) is 2.02. The summed E-state index contributed by atoms with van der Waals surface area (Å²) in [5, 5.41) is 4.17. The fourth-order valence-corrected chi connectivity index (χ4v) is 4.63. The number of carbonyl (C=O) groups excluding carboxylic acids is 2. The lowest BCUT2D eigenvalue weighted by Gasteiger charge is -2.29. The van der Waals surface area contributed by atoms with Gasteiger partial charge in [0.2, 0.25) is 11.8 Å². The van der Waals surface area contributed by atoms with Crippen molar-refractivity contribution in [2.45, 2.75) is 45.2 Å². The normalized spacial score (nSPS) is 16.1. The molecule has 0 atom stereocenters. The van der Waals surface area contributed by atoms with Crippen LogP contribution >= 0.6 is 0 Å². The van der Waals surface area contributed by atoms with Gasteiger partial charge < -0.3 is 14.8 Å². The van der Waals surface area contributed by atoms with E-state index in [9.17, 15) is 9.59 Å². The average molecular weight is 417 g/mol. The Kier molecular flexibility index (Phi) is 5.22. The third-order valence-corrected chi connectivity index (χ3v) is 6.71. The second kappa shape index (κ2) is 8.17. The molecule has 1 aliphatic carbocycles. The molecule has 1 saturated carbocycles. The van der Waals surface area contributed by atoms with Crippen LogP contribution in [0.25, 0.3) is 10.9 Å². The number of rotatable bonds is 5. The minimum Gasteiger partial charge on any atom is -0.352 e. The number of aromatic nitrogens is 2. The van der Waals surface area contributed by atoms with Crippen LogP contribution in [0.15, 0.2) is 42.7 Å². The Bertz CT molecular complexity index is 1150. The van der Waals surface area contributed by atoms with Crippen molar-refractivity contribution in [3.63, 3.8) is 0 Å². The second-order valence-corrected chi connectivity index (χ2v) is 8.82. The van der Waals surface area contributed by atoms with Crippen LogP contribution in [0.5, 0.6) is 0 Å². The SMILES string of the molecule is Cn1cc(CC(=O)N2CCc3ncc(CNC(=O)C4CCC4)cc3C2)c2ccccc21. The molecule has 31 heavy (non-hydrogen) atoms. The van der Waals surface area contributed by atoms with Crippen molar-refractivity contribution >= 4 is 22.7 Å². The van der Waals surface area contributed by atoms with E-state index >= 15 is 0 Å². The number of para-hydroxylation sites is 1. The Labute approximate surface area is 182 Å². The largest absolute Gasteiger partial charge is 0.352 e. The molecular weight excluding hydrogens is 388 g/mol. The van der Waals surface area contributed by atoms with Gasteiger partial charge in [-0.15, -0.1) is 0 Å². The molecule has 0 saturated heterocycles. The van der Waals surface area contributed by atoms with Gasteiger partial charge in [0.1, 0.15) is 0 Å². The molecule has 2 aromatic heterocycles. The van der Waals surface area contributed by atoms with Crippen molar-refractivity contribution in [3.05, 3.63) is 65.1 Å². The zero-order valence-electron chi connectivity index (χ0n) is 17.9. The highest BCUT2D eigenvalue weighted by atomic mass is 16.2. The van der Waals surface area contributed by atoms with Gasteiger partial charge in [0.05, 0.1) is 6.42 Å². The van der Waals surface area contributed by atoms with E-state index in [4.69, 9.17) is 0 Å². The molecule has 2 aliphatic rings. The topological polar surface area (TPSA) is 67.2 Å². The smallest absolute Gasteiger partial charge is 0.227 e. The van der Waals surface area contributed by atoms with E-state index in [1.54, 1.807) is 0 Å². The maximum Gasteiger partial charge on any atom is 0.227 e. The Morgan fingerprint density at radius 1 is 1.23 bits per heavy atom. The first-order valence-electron chi connectivity index (χ1n) is 11.1. The molecule has 0 bridgehead atoms. The molecule has 5 rings (SSSR count). The Morgan fingerprint density at radius 2 is 2.06 bits per heavy atom. The van der Waals surface area contributed by atoms with Gasteiger partial charge in [-0.25, -0.2) is 0 Å². The average Bonchev–Trinajstić information content (AvgIpc) is 3.06. The molecule has 1 fully saturated rings. The van der Waals surface area contributed by atoms with Crippen molar-refractivity contribution in [2.24, 2.45) is 13.0 Å². The highest BCUT2D eigenvalue weighted by molar-refractivity contribution is 5.89. The van der Waals surface area contributed by atoms with Crippen LogP contribution in [0.2, 0.25) is 0 Å². The van der Waals surface area contributed by atoms with Crippen LogP contribution in [0.4, 0.5) is 0 Å². The van der Waals surface area contributed by atoms with E-state index in [-0.39, 0.29) is 17.7 Å². The molecule has 160 valence electrons. The van der Waals surface area contributed by atoms with Crippen molar-refractivity contribution < 1.29 is 9.59 Å². The highest BCUT2D eigenvalue weighted by Gasteiger charge is 2.25. The number of nitrogens with zero attached hydrogens (tertiary/aromatic N) is 3. The van der Waals surface area contributed by atoms with E-state index in [0.29, 0.717) is 26.1 Å². The lowest BCUT2D eigenvalue weighted by molar-refractivity contribution is -0.131. The maximum atomic E-state index is 13.1. The molecule has 0 spiro atoms. The fraction of sp³-hybridized carbons (Fsp3) is 0.400. The van der Waals surface area contributed by atoms with E-state index in [1.807, 2.05) is 30.3 Å². The second-order valence-electron chi connectivity index (χ2n) is 8.82. The van der Waals surface area contributed by atoms with Crippen LogP contribution in [-0.4, -0.2) is 32.8 Å². The highest BCUT2D eigenvalue weighted by Crippen LogP contribution is 2.26. The number of hydrogen-bond donors (Lipinski definition) is 1. The minimum atomic E-state index is 0.144. The maximum absolute atomic E-state index is 13.1. The van der Waals surface area contributed by atoms with Gasteiger partial charge in [-0.3, -0.25) is 14.6 Å². The van der Waals surface area contributed by atoms with Crippen molar-refractivity contribution in [2.75, 3.05) is 6.54 Å². The first-order valence-corrected chi connectivity index (χ1v) is 11.1. The van der Waals surface area contributed by atoms with E-state index in [0.717, 1.165) is 59.0 Å². The molecule has 6 nitrogen and oxygen atoms in total. The first-order chi connectivity index (χ1) is 15.1. The molecule has 1 aliphatic heterocycles. The number of benzene rings is 1. The van der Waals surface area contributed by atoms with Gasteiger partial charge in [0.25, 0.3) is 0 Å². The van der Waals surface area contributed by atoms with Crippen LogP contribution in [0, 0.1) is 5.92 Å². The summed E-state index contributed by atoms with van der Waals surface area (Å²) in [5.74, 6) is 0.481. The first kappa shape index (κ1) is 19.8. The van der Waals surface area contributed by atoms with Crippen molar-refractivity contribution in [3.8, 4) is 0 Å². The number of fused-ring (bicyclic) bond motifs is 2. The molecule has 2 amide bonds. The minimum absolute atomic E-state index is 0.144. The summed E-state index contributed by atoms with van der Waals surface area (Å²) in [6.45, 7) is 1.78. The lowest BCUT2D eigenvalue weighted by Crippen LogP contribution is -2.37. The number of aryl methyl sites for hydroxylation is 1. The standard InChI is InChI=1S/C25H28N4O2/c1-28-15-19(21-7-2-3-8-23(21)28)12-24(30)29-10-9-22-20(16-29)11-17(13-26-22)14-27-25(31)18-5-4-6-18/h2-3,7-8,11,13,15,18H,4-6,9-10,12,14,16H2,1H3,(H,27,31). The zero-order valence-corrected chi connectivity index (χ0v) is 17.9. The van der Waals surface area contributed by atoms with Gasteiger partial charge in [-0.05, 0) is 41.7 Å². The van der Waals surface area contributed by atoms with Crippen molar-refractivity contribution in [1.29, 1.82) is 0 Å². The Hall–Kier alpha value is -3.15. The van der Waals surface area contributed by atoms with Gasteiger partial charge >= 0.3 is 0 Å². The van der Waals surface area contributed by atoms with E-state index < -0.39 is 0 Å². The molecule has 3 heterocycles. The summed E-state index contributed by atoms with van der Waals surface area (Å²) in [4.78, 5) is 31.7. The van der Waals surface area contributed by atoms with Gasteiger partial charge in [0.15, 0.2) is 0 Å². The molecule has 1 N–H and O–H groups in total. The summed E-state index contributed by atoms with van der Waals surface area (Å²) >= 11 is 0. The number of nitrogens with one attached hydrogen (secondary N) is 1. The summed E-state index contributed by atoms with van der Waals surface area (Å²) < 4.78 is 2.08. The van der Waals surface area contributed by atoms with Gasteiger partial charge in [-0.1, -0.05) is 24.6 Å². The molecule has 6 heteroatoms. The van der Waals surface area contributed by atoms with E-state index in [2.05, 4.69) is 39.3 Å². The predicted octanol–water partition coefficient (Wildman–Crippen LogP) is 3.12. The molecule has 3 aromatic rings. The number of amides is 2. The zero-order chi connectivity index (χ0) is 21.4. The quantitative estimate of drug-likeness (QED) is 0.695. The third kappa shape index (κ3) is 3.94. The Balaban J connectivity index is 1.25. The molecule has 0 radical (unpaired) electrons. The lowest BCUT2D eigenvalue weighted by atomic mass is 9.85. The molecular formula is C25H28N4O2. The van der Waals surface area contributed by atoms with Crippen LogP contribution < -0.4 is 5.32 Å². The fourth-order valence-electron chi connectivity index (χ4n) is 4.63. The number of hydrogen-bond acceptors (Lipinski definition) is 3.